The molecule has 0 aromatic heterocycles. The van der Waals surface area contributed by atoms with Crippen LogP contribution in [0.15, 0.2) is 18.2 Å². The number of hydrogen-bond donors (Lipinski definition) is 2. The number of halogens is 2. The normalized spacial score (nSPS) is 22.8. The van der Waals surface area contributed by atoms with E-state index in [-0.39, 0.29) is 42.6 Å². The summed E-state index contributed by atoms with van der Waals surface area (Å²) in [6, 6.07) is 4.41. The summed E-state index contributed by atoms with van der Waals surface area (Å²) >= 11 is 5.82. The van der Waals surface area contributed by atoms with Gasteiger partial charge in [-0.1, -0.05) is 38.4 Å². The Balaban J connectivity index is 2.40. The number of amides is 2. The number of methoxy groups -OCH3 is 1. The van der Waals surface area contributed by atoms with Crippen LogP contribution in [0.5, 0.6) is 0 Å². The Morgan fingerprint density at radius 3 is 2.62 bits per heavy atom. The van der Waals surface area contributed by atoms with Crippen molar-refractivity contribution in [2.45, 2.75) is 33.0 Å². The summed E-state index contributed by atoms with van der Waals surface area (Å²) in [5, 5.41) is 12.4. The largest absolute Gasteiger partial charge is 0.465 e. The van der Waals surface area contributed by atoms with Gasteiger partial charge >= 0.3 is 6.09 Å². The Hall–Kier alpha value is -1.90. The number of nitrogens with one attached hydrogen (secondary N) is 1. The molecule has 0 saturated carbocycles. The first-order valence-corrected chi connectivity index (χ1v) is 9.74. The lowest BCUT2D eigenvalue weighted by Gasteiger charge is -2.34. The van der Waals surface area contributed by atoms with Gasteiger partial charge in [-0.25, -0.2) is 9.18 Å². The van der Waals surface area contributed by atoms with Crippen molar-refractivity contribution in [1.82, 2.24) is 10.2 Å². The summed E-state index contributed by atoms with van der Waals surface area (Å²) in [6.07, 6.45) is -2.13. The van der Waals surface area contributed by atoms with Crippen molar-refractivity contribution in [3.63, 3.8) is 0 Å². The van der Waals surface area contributed by atoms with E-state index in [1.54, 1.807) is 6.07 Å². The molecule has 0 bridgehead atoms. The van der Waals surface area contributed by atoms with Crippen molar-refractivity contribution < 1.29 is 28.6 Å². The van der Waals surface area contributed by atoms with E-state index in [1.165, 1.54) is 24.1 Å². The first-order valence-electron chi connectivity index (χ1n) is 9.36. The van der Waals surface area contributed by atoms with E-state index in [0.29, 0.717) is 5.56 Å². The van der Waals surface area contributed by atoms with Gasteiger partial charge in [-0.15, -0.1) is 0 Å². The molecule has 1 aliphatic heterocycles. The first-order chi connectivity index (χ1) is 13.5. The molecule has 1 fully saturated rings. The Kier molecular flexibility index (Phi) is 7.85. The van der Waals surface area contributed by atoms with Crippen LogP contribution in [0.4, 0.5) is 9.18 Å². The fourth-order valence-corrected chi connectivity index (χ4v) is 3.38. The minimum Gasteiger partial charge on any atom is -0.465 e. The van der Waals surface area contributed by atoms with Crippen LogP contribution in [0.25, 0.3) is 0 Å². The lowest BCUT2D eigenvalue weighted by Crippen LogP contribution is -2.43. The summed E-state index contributed by atoms with van der Waals surface area (Å²) in [5.74, 6) is -1.34. The van der Waals surface area contributed by atoms with Gasteiger partial charge in [0.2, 0.25) is 5.91 Å². The van der Waals surface area contributed by atoms with Crippen LogP contribution < -0.4 is 5.32 Å². The SMILES string of the molecule is COCC(=O)NC[C@@H]1CN(C(=O)O)CC(C(C)(C)C)O[C@H]1c1ccc(Cl)c(F)c1. The predicted molar refractivity (Wildman–Crippen MR) is 106 cm³/mol. The molecule has 9 heteroatoms. The van der Waals surface area contributed by atoms with E-state index >= 15 is 0 Å². The average molecular weight is 431 g/mol. The van der Waals surface area contributed by atoms with E-state index in [9.17, 15) is 19.1 Å². The highest BCUT2D eigenvalue weighted by atomic mass is 35.5. The molecule has 1 aromatic rings. The number of rotatable bonds is 5. The number of carbonyl (C=O) groups excluding carboxylic acids is 1. The third-order valence-corrected chi connectivity index (χ3v) is 5.23. The zero-order chi connectivity index (χ0) is 21.8. The van der Waals surface area contributed by atoms with Crippen molar-refractivity contribution in [2.75, 3.05) is 33.4 Å². The number of carboxylic acid groups (broad SMARTS) is 1. The summed E-state index contributed by atoms with van der Waals surface area (Å²) in [6.45, 7) is 6.21. The standard InChI is InChI=1S/C20H28ClFN2O5/c1-20(2,3)16-10-24(19(26)27)9-13(8-23-17(25)11-28-4)18(29-16)12-5-6-14(21)15(22)7-12/h5-7,13,16,18H,8-11H2,1-4H3,(H,23,25)(H,26,27)/t13-,16?,18+/m1/s1. The molecular formula is C20H28ClFN2O5. The van der Waals surface area contributed by atoms with E-state index in [1.807, 2.05) is 20.8 Å². The number of ether oxygens (including phenoxy) is 2. The predicted octanol–water partition coefficient (Wildman–Crippen LogP) is 3.32. The van der Waals surface area contributed by atoms with Crippen molar-refractivity contribution in [2.24, 2.45) is 11.3 Å². The van der Waals surface area contributed by atoms with Crippen LogP contribution >= 0.6 is 11.6 Å². The zero-order valence-electron chi connectivity index (χ0n) is 17.1. The highest BCUT2D eigenvalue weighted by Gasteiger charge is 2.40. The monoisotopic (exact) mass is 430 g/mol. The molecule has 1 saturated heterocycles. The molecule has 162 valence electrons. The highest BCUT2D eigenvalue weighted by molar-refractivity contribution is 6.30. The second-order valence-electron chi connectivity index (χ2n) is 8.27. The van der Waals surface area contributed by atoms with Gasteiger partial charge in [0.25, 0.3) is 0 Å². The lowest BCUT2D eigenvalue weighted by atomic mass is 9.88. The van der Waals surface area contributed by atoms with Crippen LogP contribution in [0.1, 0.15) is 32.4 Å². The molecular weight excluding hydrogens is 403 g/mol. The fourth-order valence-electron chi connectivity index (χ4n) is 3.26. The van der Waals surface area contributed by atoms with Crippen LogP contribution in [-0.2, 0) is 14.3 Å². The van der Waals surface area contributed by atoms with E-state index in [2.05, 4.69) is 5.32 Å². The third-order valence-electron chi connectivity index (χ3n) is 4.93. The Bertz CT molecular complexity index is 740. The molecule has 1 unspecified atom stereocenters. The van der Waals surface area contributed by atoms with Gasteiger partial charge in [0.1, 0.15) is 12.4 Å². The minimum atomic E-state index is -1.07. The maximum absolute atomic E-state index is 14.1. The van der Waals surface area contributed by atoms with Crippen LogP contribution in [0, 0.1) is 17.2 Å². The fraction of sp³-hybridized carbons (Fsp3) is 0.600. The maximum Gasteiger partial charge on any atom is 0.407 e. The van der Waals surface area contributed by atoms with E-state index in [0.717, 1.165) is 0 Å². The van der Waals surface area contributed by atoms with E-state index in [4.69, 9.17) is 21.1 Å². The van der Waals surface area contributed by atoms with Gasteiger partial charge in [0.05, 0.1) is 23.8 Å². The molecule has 1 aliphatic rings. The molecule has 3 atom stereocenters. The number of nitrogens with zero attached hydrogens (tertiary/aromatic N) is 1. The van der Waals surface area contributed by atoms with Crippen LogP contribution in [0.3, 0.4) is 0 Å². The van der Waals surface area contributed by atoms with Gasteiger partial charge in [-0.3, -0.25) is 4.79 Å². The quantitative estimate of drug-likeness (QED) is 0.748. The smallest absolute Gasteiger partial charge is 0.407 e. The topological polar surface area (TPSA) is 88.1 Å². The molecule has 29 heavy (non-hydrogen) atoms. The van der Waals surface area contributed by atoms with Gasteiger partial charge < -0.3 is 24.8 Å². The minimum absolute atomic E-state index is 0.00754. The van der Waals surface area contributed by atoms with Crippen molar-refractivity contribution >= 4 is 23.6 Å². The molecule has 0 radical (unpaired) electrons. The lowest BCUT2D eigenvalue weighted by molar-refractivity contribution is -0.125. The number of benzene rings is 1. The second-order valence-corrected chi connectivity index (χ2v) is 8.68. The van der Waals surface area contributed by atoms with Crippen molar-refractivity contribution in [1.29, 1.82) is 0 Å². The summed E-state index contributed by atoms with van der Waals surface area (Å²) < 4.78 is 25.3. The molecule has 1 heterocycles. The molecule has 7 nitrogen and oxygen atoms in total. The molecule has 2 amide bonds. The first kappa shape index (κ1) is 23.4. The van der Waals surface area contributed by atoms with Crippen molar-refractivity contribution in [3.8, 4) is 0 Å². The highest BCUT2D eigenvalue weighted by Crippen LogP contribution is 2.37. The molecule has 2 rings (SSSR count). The Labute approximate surface area is 175 Å². The second kappa shape index (κ2) is 9.73. The summed E-state index contributed by atoms with van der Waals surface area (Å²) in [7, 11) is 1.41. The number of hydrogen-bond acceptors (Lipinski definition) is 4. The molecule has 0 aliphatic carbocycles. The average Bonchev–Trinajstić information content (AvgIpc) is 2.82. The number of carbonyl (C=O) groups is 2. The third kappa shape index (κ3) is 6.29. The Morgan fingerprint density at radius 2 is 2.07 bits per heavy atom. The van der Waals surface area contributed by atoms with Crippen LogP contribution in [0.2, 0.25) is 5.02 Å². The summed E-state index contributed by atoms with van der Waals surface area (Å²) in [4.78, 5) is 24.9. The summed E-state index contributed by atoms with van der Waals surface area (Å²) in [5.41, 5.74) is 0.185. The van der Waals surface area contributed by atoms with Gasteiger partial charge in [0.15, 0.2) is 0 Å². The van der Waals surface area contributed by atoms with Gasteiger partial charge in [-0.05, 0) is 23.1 Å². The van der Waals surface area contributed by atoms with Crippen molar-refractivity contribution in [3.05, 3.63) is 34.6 Å². The molecule has 0 spiro atoms. The van der Waals surface area contributed by atoms with Crippen LogP contribution in [-0.4, -0.2) is 61.5 Å². The zero-order valence-corrected chi connectivity index (χ0v) is 17.8. The van der Waals surface area contributed by atoms with Gasteiger partial charge in [0, 0.05) is 26.1 Å². The Morgan fingerprint density at radius 1 is 1.38 bits per heavy atom. The molecule has 2 N–H and O–H groups in total. The van der Waals surface area contributed by atoms with Gasteiger partial charge in [-0.2, -0.15) is 0 Å². The maximum atomic E-state index is 14.1. The molecule has 1 aromatic carbocycles. The van der Waals surface area contributed by atoms with E-state index < -0.39 is 30.0 Å².